The highest BCUT2D eigenvalue weighted by Gasteiger charge is 2.28. The van der Waals surface area contributed by atoms with Crippen LogP contribution >= 0.6 is 0 Å². The summed E-state index contributed by atoms with van der Waals surface area (Å²) in [6, 6.07) is -0.415. The predicted octanol–water partition coefficient (Wildman–Crippen LogP) is -1.62. The molecule has 1 saturated heterocycles. The standard InChI is InChI=1S/C11H22N2O6/c1-10(12-2-6-17-7-3-12)11(16)13(18-8-4-14)19-9-5-15/h10,14-15H,2-9H2,1H3. The van der Waals surface area contributed by atoms with Gasteiger partial charge in [0.1, 0.15) is 13.2 Å². The molecule has 0 aliphatic carbocycles. The lowest BCUT2D eigenvalue weighted by Crippen LogP contribution is -2.51. The van der Waals surface area contributed by atoms with Gasteiger partial charge in [0.25, 0.3) is 5.91 Å². The van der Waals surface area contributed by atoms with E-state index in [0.29, 0.717) is 26.3 Å². The van der Waals surface area contributed by atoms with Crippen molar-refractivity contribution in [2.24, 2.45) is 0 Å². The lowest BCUT2D eigenvalue weighted by atomic mass is 10.2. The zero-order chi connectivity index (χ0) is 14.1. The average Bonchev–Trinajstić information content (AvgIpc) is 2.47. The van der Waals surface area contributed by atoms with E-state index in [-0.39, 0.29) is 32.3 Å². The van der Waals surface area contributed by atoms with E-state index in [1.54, 1.807) is 6.92 Å². The van der Waals surface area contributed by atoms with Crippen molar-refractivity contribution in [1.29, 1.82) is 0 Å². The van der Waals surface area contributed by atoms with Crippen LogP contribution in [0, 0.1) is 0 Å². The fraction of sp³-hybridized carbons (Fsp3) is 0.909. The summed E-state index contributed by atoms with van der Waals surface area (Å²) in [4.78, 5) is 24.2. The average molecular weight is 278 g/mol. The fourth-order valence-corrected chi connectivity index (χ4v) is 1.69. The molecule has 19 heavy (non-hydrogen) atoms. The Morgan fingerprint density at radius 3 is 2.26 bits per heavy atom. The second kappa shape index (κ2) is 9.18. The smallest absolute Gasteiger partial charge is 0.290 e. The number of amides is 1. The minimum Gasteiger partial charge on any atom is -0.394 e. The molecule has 1 rings (SSSR count). The first-order chi connectivity index (χ1) is 9.20. The quantitative estimate of drug-likeness (QED) is 0.516. The maximum absolute atomic E-state index is 12.2. The van der Waals surface area contributed by atoms with Crippen LogP contribution in [0.2, 0.25) is 0 Å². The van der Waals surface area contributed by atoms with Gasteiger partial charge in [0.15, 0.2) is 0 Å². The van der Waals surface area contributed by atoms with Crippen molar-refractivity contribution in [3.63, 3.8) is 0 Å². The second-order valence-corrected chi connectivity index (χ2v) is 4.03. The van der Waals surface area contributed by atoms with Crippen molar-refractivity contribution in [1.82, 2.24) is 10.1 Å². The largest absolute Gasteiger partial charge is 0.394 e. The third kappa shape index (κ3) is 5.39. The summed E-state index contributed by atoms with van der Waals surface area (Å²) in [5, 5.41) is 18.2. The van der Waals surface area contributed by atoms with E-state index >= 15 is 0 Å². The Morgan fingerprint density at radius 2 is 1.79 bits per heavy atom. The molecule has 112 valence electrons. The van der Waals surface area contributed by atoms with Crippen molar-refractivity contribution < 1.29 is 29.4 Å². The van der Waals surface area contributed by atoms with Gasteiger partial charge in [-0.3, -0.25) is 9.69 Å². The Bertz CT molecular complexity index is 252. The van der Waals surface area contributed by atoms with Gasteiger partial charge >= 0.3 is 0 Å². The highest BCUT2D eigenvalue weighted by molar-refractivity contribution is 5.79. The normalized spacial score (nSPS) is 18.3. The number of ether oxygens (including phenoxy) is 1. The first-order valence-electron chi connectivity index (χ1n) is 6.34. The van der Waals surface area contributed by atoms with Gasteiger partial charge in [-0.05, 0) is 6.92 Å². The molecule has 1 fully saturated rings. The van der Waals surface area contributed by atoms with E-state index in [0.717, 1.165) is 5.23 Å². The molecular formula is C11H22N2O6. The number of hydrogen-bond acceptors (Lipinski definition) is 7. The number of hydrogen-bond donors (Lipinski definition) is 2. The Balaban J connectivity index is 2.51. The zero-order valence-corrected chi connectivity index (χ0v) is 11.2. The lowest BCUT2D eigenvalue weighted by molar-refractivity contribution is -0.347. The van der Waals surface area contributed by atoms with E-state index in [1.165, 1.54) is 0 Å². The van der Waals surface area contributed by atoms with Gasteiger partial charge in [-0.15, -0.1) is 0 Å². The van der Waals surface area contributed by atoms with E-state index in [4.69, 9.17) is 24.6 Å². The Hall–Kier alpha value is -0.770. The fourth-order valence-electron chi connectivity index (χ4n) is 1.69. The van der Waals surface area contributed by atoms with Crippen molar-refractivity contribution in [3.8, 4) is 0 Å². The van der Waals surface area contributed by atoms with Crippen LogP contribution in [0.15, 0.2) is 0 Å². The molecule has 0 saturated carbocycles. The summed E-state index contributed by atoms with van der Waals surface area (Å²) in [6.07, 6.45) is 0. The van der Waals surface area contributed by atoms with Crippen molar-refractivity contribution in [3.05, 3.63) is 0 Å². The monoisotopic (exact) mass is 278 g/mol. The van der Waals surface area contributed by atoms with Gasteiger partial charge in [-0.25, -0.2) is 9.68 Å². The summed E-state index contributed by atoms with van der Waals surface area (Å²) >= 11 is 0. The van der Waals surface area contributed by atoms with E-state index < -0.39 is 6.04 Å². The molecule has 0 spiro atoms. The van der Waals surface area contributed by atoms with Crippen molar-refractivity contribution >= 4 is 5.91 Å². The molecule has 1 aliphatic heterocycles. The van der Waals surface area contributed by atoms with Crippen LogP contribution in [0.3, 0.4) is 0 Å². The molecule has 8 heteroatoms. The van der Waals surface area contributed by atoms with Crippen LogP contribution in [0.5, 0.6) is 0 Å². The van der Waals surface area contributed by atoms with Crippen LogP contribution in [0.4, 0.5) is 0 Å². The molecule has 1 unspecified atom stereocenters. The molecular weight excluding hydrogens is 256 g/mol. The molecule has 0 bridgehead atoms. The molecule has 1 aliphatic rings. The first kappa shape index (κ1) is 16.3. The van der Waals surface area contributed by atoms with E-state index in [2.05, 4.69) is 0 Å². The van der Waals surface area contributed by atoms with Gasteiger partial charge in [0, 0.05) is 13.1 Å². The zero-order valence-electron chi connectivity index (χ0n) is 11.2. The number of hydroxylamine groups is 2. The third-order valence-electron chi connectivity index (χ3n) is 2.73. The van der Waals surface area contributed by atoms with Crippen LogP contribution in [0.1, 0.15) is 6.92 Å². The van der Waals surface area contributed by atoms with Crippen LogP contribution in [0.25, 0.3) is 0 Å². The number of rotatable bonds is 8. The minimum absolute atomic E-state index is 0.0486. The Kier molecular flexibility index (Phi) is 7.87. The summed E-state index contributed by atoms with van der Waals surface area (Å²) in [5.74, 6) is -0.371. The minimum atomic E-state index is -0.415. The van der Waals surface area contributed by atoms with Crippen LogP contribution in [-0.2, 0) is 19.2 Å². The Labute approximate surface area is 112 Å². The molecule has 2 N–H and O–H groups in total. The summed E-state index contributed by atoms with van der Waals surface area (Å²) in [6.45, 7) is 3.72. The number of morpholine rings is 1. The first-order valence-corrected chi connectivity index (χ1v) is 6.34. The molecule has 1 amide bonds. The van der Waals surface area contributed by atoms with Gasteiger partial charge in [-0.2, -0.15) is 0 Å². The molecule has 0 aromatic carbocycles. The van der Waals surface area contributed by atoms with Gasteiger partial charge in [0.2, 0.25) is 0 Å². The molecule has 8 nitrogen and oxygen atoms in total. The van der Waals surface area contributed by atoms with Gasteiger partial charge in [-0.1, -0.05) is 5.23 Å². The van der Waals surface area contributed by atoms with Gasteiger partial charge in [0.05, 0.1) is 32.5 Å². The topological polar surface area (TPSA) is 91.7 Å². The Morgan fingerprint density at radius 1 is 1.26 bits per heavy atom. The number of aliphatic hydroxyl groups is 2. The van der Waals surface area contributed by atoms with Crippen LogP contribution in [-0.4, -0.2) is 85.0 Å². The predicted molar refractivity (Wildman–Crippen MR) is 64.8 cm³/mol. The maximum atomic E-state index is 12.2. The van der Waals surface area contributed by atoms with E-state index in [1.807, 2.05) is 4.90 Å². The lowest BCUT2D eigenvalue weighted by Gasteiger charge is -2.33. The molecule has 1 heterocycles. The SMILES string of the molecule is CC(C(=O)N(OCCO)OCCO)N1CCOCC1. The highest BCUT2D eigenvalue weighted by atomic mass is 17.0. The second-order valence-electron chi connectivity index (χ2n) is 4.03. The molecule has 0 aromatic rings. The van der Waals surface area contributed by atoms with Crippen LogP contribution < -0.4 is 0 Å². The number of carbonyl (C=O) groups is 1. The number of carbonyl (C=O) groups excluding carboxylic acids is 1. The number of nitrogens with zero attached hydrogens (tertiary/aromatic N) is 2. The summed E-state index contributed by atoms with van der Waals surface area (Å²) in [5.41, 5.74) is 0. The third-order valence-corrected chi connectivity index (χ3v) is 2.73. The summed E-state index contributed by atoms with van der Waals surface area (Å²) < 4.78 is 5.22. The highest BCUT2D eigenvalue weighted by Crippen LogP contribution is 2.08. The van der Waals surface area contributed by atoms with E-state index in [9.17, 15) is 4.79 Å². The number of aliphatic hydroxyl groups excluding tert-OH is 2. The summed E-state index contributed by atoms with van der Waals surface area (Å²) in [7, 11) is 0. The van der Waals surface area contributed by atoms with Crippen molar-refractivity contribution in [2.45, 2.75) is 13.0 Å². The molecule has 0 aromatic heterocycles. The van der Waals surface area contributed by atoms with Gasteiger partial charge < -0.3 is 14.9 Å². The van der Waals surface area contributed by atoms with Crippen molar-refractivity contribution in [2.75, 3.05) is 52.7 Å². The molecule has 0 radical (unpaired) electrons. The maximum Gasteiger partial charge on any atom is 0.290 e. The molecule has 1 atom stereocenters.